The fraction of sp³-hybridized carbons (Fsp3) is 0.714. The molecule has 10 heavy (non-hydrogen) atoms. The number of terminal acetylenes is 1. The third-order valence-corrected chi connectivity index (χ3v) is 4.88. The molecule has 0 radical (unpaired) electrons. The van der Waals surface area contributed by atoms with Crippen LogP contribution in [-0.4, -0.2) is 15.7 Å². The van der Waals surface area contributed by atoms with Crippen LogP contribution < -0.4 is 0 Å². The van der Waals surface area contributed by atoms with E-state index in [-0.39, 0.29) is 5.41 Å². The van der Waals surface area contributed by atoms with E-state index in [1.165, 1.54) is 10.8 Å². The molecule has 0 amide bonds. The number of rotatable bonds is 0. The first-order chi connectivity index (χ1) is 4.66. The summed E-state index contributed by atoms with van der Waals surface area (Å²) in [6.45, 7) is 2.05. The van der Waals surface area contributed by atoms with E-state index in [0.29, 0.717) is 0 Å². The Hall–Kier alpha value is 0.0600. The van der Waals surface area contributed by atoms with Crippen molar-refractivity contribution in [3.05, 3.63) is 0 Å². The molecule has 56 valence electrons. The van der Waals surface area contributed by atoms with Crippen LogP contribution in [0.2, 0.25) is 0 Å². The van der Waals surface area contributed by atoms with Crippen LogP contribution in [0, 0.1) is 17.8 Å². The highest BCUT2D eigenvalue weighted by Gasteiger charge is 2.27. The van der Waals surface area contributed by atoms with Crippen LogP contribution in [0.5, 0.6) is 0 Å². The molecule has 0 aliphatic carbocycles. The van der Waals surface area contributed by atoms with E-state index in [0.717, 1.165) is 17.9 Å². The molecule has 1 nitrogen and oxygen atoms in total. The van der Waals surface area contributed by atoms with Crippen LogP contribution >= 0.6 is 10.8 Å². The summed E-state index contributed by atoms with van der Waals surface area (Å²) in [4.78, 5) is 0. The van der Waals surface area contributed by atoms with Crippen molar-refractivity contribution >= 4 is 20.6 Å². The summed E-state index contributed by atoms with van der Waals surface area (Å²) < 4.78 is 10.9. The zero-order valence-electron chi connectivity index (χ0n) is 5.92. The van der Waals surface area contributed by atoms with Gasteiger partial charge in [0.2, 0.25) is 0 Å². The molecule has 0 aromatic rings. The predicted octanol–water partition coefficient (Wildman–Crippen LogP) is 1.43. The number of hydrogen-bond donors (Lipinski definition) is 0. The minimum absolute atomic E-state index is 0.00141. The molecule has 0 aromatic carbocycles. The normalized spacial score (nSPS) is 40.6. The fourth-order valence-electron chi connectivity index (χ4n) is 0.749. The Bertz CT molecular complexity index is 182. The topological polar surface area (TPSA) is 17.1 Å². The van der Waals surface area contributed by atoms with Crippen LogP contribution in [0.1, 0.15) is 13.3 Å². The maximum atomic E-state index is 10.9. The lowest BCUT2D eigenvalue weighted by molar-refractivity contribution is 0.495. The van der Waals surface area contributed by atoms with Gasteiger partial charge in [-0.05, 0) is 13.3 Å². The van der Waals surface area contributed by atoms with Gasteiger partial charge in [0.25, 0.3) is 0 Å². The molecule has 0 saturated carbocycles. The van der Waals surface area contributed by atoms with Gasteiger partial charge < -0.3 is 0 Å². The van der Waals surface area contributed by atoms with Crippen molar-refractivity contribution in [3.63, 3.8) is 0 Å². The molecule has 1 aliphatic rings. The van der Waals surface area contributed by atoms with Crippen molar-refractivity contribution in [1.82, 2.24) is 0 Å². The molecular formula is C7H10OS2. The predicted molar refractivity (Wildman–Crippen MR) is 47.0 cm³/mol. The molecule has 0 N–H and O–H groups in total. The molecule has 0 aromatic heterocycles. The van der Waals surface area contributed by atoms with Crippen LogP contribution in [0.3, 0.4) is 0 Å². The van der Waals surface area contributed by atoms with E-state index in [4.69, 9.17) is 6.42 Å². The second-order valence-corrected chi connectivity index (χ2v) is 6.09. The van der Waals surface area contributed by atoms with E-state index >= 15 is 0 Å². The minimum atomic E-state index is -0.667. The molecule has 1 saturated heterocycles. The fourth-order valence-corrected chi connectivity index (χ4v) is 3.88. The third kappa shape index (κ3) is 1.77. The van der Waals surface area contributed by atoms with Crippen LogP contribution in [0.15, 0.2) is 0 Å². The SMILES string of the molecule is C#CC1(C)CCS(=O)SC1. The smallest absolute Gasteiger partial charge is 0.0804 e. The van der Waals surface area contributed by atoms with Crippen LogP contribution in [-0.2, 0) is 9.83 Å². The second-order valence-electron chi connectivity index (χ2n) is 2.73. The second kappa shape index (κ2) is 2.98. The molecule has 1 aliphatic heterocycles. The lowest BCUT2D eigenvalue weighted by atomic mass is 9.91. The highest BCUT2D eigenvalue weighted by Crippen LogP contribution is 2.33. The van der Waals surface area contributed by atoms with Gasteiger partial charge in [-0.2, -0.15) is 0 Å². The zero-order valence-corrected chi connectivity index (χ0v) is 7.56. The van der Waals surface area contributed by atoms with Crippen LogP contribution in [0.4, 0.5) is 0 Å². The largest absolute Gasteiger partial charge is 0.248 e. The van der Waals surface area contributed by atoms with Crippen molar-refractivity contribution in [1.29, 1.82) is 0 Å². The average molecular weight is 174 g/mol. The van der Waals surface area contributed by atoms with Crippen LogP contribution in [0.25, 0.3) is 0 Å². The molecule has 0 bridgehead atoms. The zero-order chi connectivity index (χ0) is 7.61. The van der Waals surface area contributed by atoms with E-state index in [2.05, 4.69) is 12.8 Å². The standard InChI is InChI=1S/C7H10OS2/c1-3-7(2)4-5-10(8)9-6-7/h1H,4-6H2,2H3. The Labute approximate surface area is 67.8 Å². The molecule has 1 fully saturated rings. The number of hydrogen-bond acceptors (Lipinski definition) is 2. The summed E-state index contributed by atoms with van der Waals surface area (Å²) in [6, 6.07) is 0. The average Bonchev–Trinajstić information content (AvgIpc) is 1.96. The molecule has 2 unspecified atom stereocenters. The van der Waals surface area contributed by atoms with Crippen molar-refractivity contribution in [3.8, 4) is 12.3 Å². The van der Waals surface area contributed by atoms with Crippen molar-refractivity contribution < 1.29 is 4.21 Å². The summed E-state index contributed by atoms with van der Waals surface area (Å²) >= 11 is 0. The van der Waals surface area contributed by atoms with Gasteiger partial charge in [0.15, 0.2) is 0 Å². The molecule has 0 spiro atoms. The van der Waals surface area contributed by atoms with Gasteiger partial charge in [-0.3, -0.25) is 0 Å². The molecular weight excluding hydrogens is 164 g/mol. The summed E-state index contributed by atoms with van der Waals surface area (Å²) in [6.07, 6.45) is 6.23. The minimum Gasteiger partial charge on any atom is -0.248 e. The molecule has 3 heteroatoms. The highest BCUT2D eigenvalue weighted by molar-refractivity contribution is 8.69. The molecule has 2 atom stereocenters. The Morgan fingerprint density at radius 1 is 1.80 bits per heavy atom. The summed E-state index contributed by atoms with van der Waals surface area (Å²) in [5.41, 5.74) is -0.00141. The van der Waals surface area contributed by atoms with E-state index in [1.807, 2.05) is 0 Å². The maximum absolute atomic E-state index is 10.9. The summed E-state index contributed by atoms with van der Waals surface area (Å²) in [5, 5.41) is 0. The summed E-state index contributed by atoms with van der Waals surface area (Å²) in [7, 11) is 0.812. The van der Waals surface area contributed by atoms with Crippen molar-refractivity contribution in [2.75, 3.05) is 11.5 Å². The Morgan fingerprint density at radius 2 is 2.50 bits per heavy atom. The van der Waals surface area contributed by atoms with E-state index in [1.54, 1.807) is 0 Å². The first-order valence-electron chi connectivity index (χ1n) is 3.16. The van der Waals surface area contributed by atoms with Crippen molar-refractivity contribution in [2.45, 2.75) is 13.3 Å². The van der Waals surface area contributed by atoms with Gasteiger partial charge in [0, 0.05) is 16.9 Å². The summed E-state index contributed by atoms with van der Waals surface area (Å²) in [5.74, 6) is 4.34. The Morgan fingerprint density at radius 3 is 2.90 bits per heavy atom. The Kier molecular flexibility index (Phi) is 2.43. The third-order valence-electron chi connectivity index (χ3n) is 1.68. The maximum Gasteiger partial charge on any atom is 0.0804 e. The lowest BCUT2D eigenvalue weighted by Gasteiger charge is -2.26. The molecule has 1 heterocycles. The quantitative estimate of drug-likeness (QED) is 0.408. The first kappa shape index (κ1) is 8.16. The van der Waals surface area contributed by atoms with Crippen molar-refractivity contribution in [2.24, 2.45) is 5.41 Å². The highest BCUT2D eigenvalue weighted by atomic mass is 33.1. The van der Waals surface area contributed by atoms with E-state index in [9.17, 15) is 4.21 Å². The Balaban J connectivity index is 2.56. The van der Waals surface area contributed by atoms with Gasteiger partial charge >= 0.3 is 0 Å². The van der Waals surface area contributed by atoms with Gasteiger partial charge in [-0.25, -0.2) is 4.21 Å². The lowest BCUT2D eigenvalue weighted by Crippen LogP contribution is -2.24. The van der Waals surface area contributed by atoms with Gasteiger partial charge in [-0.15, -0.1) is 6.42 Å². The van der Waals surface area contributed by atoms with Gasteiger partial charge in [0.05, 0.1) is 9.83 Å². The molecule has 1 rings (SSSR count). The monoisotopic (exact) mass is 174 g/mol. The van der Waals surface area contributed by atoms with Gasteiger partial charge in [0.1, 0.15) is 0 Å². The van der Waals surface area contributed by atoms with E-state index < -0.39 is 9.83 Å². The van der Waals surface area contributed by atoms with Gasteiger partial charge in [-0.1, -0.05) is 16.7 Å². The first-order valence-corrected chi connectivity index (χ1v) is 5.98.